The minimum absolute atomic E-state index is 0.0244. The van der Waals surface area contributed by atoms with Gasteiger partial charge in [-0.25, -0.2) is 4.79 Å². The fourth-order valence-corrected chi connectivity index (χ4v) is 3.39. The van der Waals surface area contributed by atoms with Gasteiger partial charge in [0.1, 0.15) is 6.17 Å². The zero-order valence-corrected chi connectivity index (χ0v) is 14.7. The molecule has 0 aliphatic carbocycles. The molecular formula is C17H21N3O7. The van der Waals surface area contributed by atoms with E-state index in [1.165, 1.54) is 16.9 Å². The van der Waals surface area contributed by atoms with E-state index in [-0.39, 0.29) is 30.1 Å². The smallest absolute Gasteiger partial charge is 0.434 e. The largest absolute Gasteiger partial charge is 0.514 e. The second-order valence-electron chi connectivity index (χ2n) is 6.66. The molecule has 1 amide bonds. The summed E-state index contributed by atoms with van der Waals surface area (Å²) in [4.78, 5) is 38.7. The highest BCUT2D eigenvalue weighted by Crippen LogP contribution is 2.23. The lowest BCUT2D eigenvalue weighted by atomic mass is 10.0. The van der Waals surface area contributed by atoms with Gasteiger partial charge in [0, 0.05) is 32.0 Å². The van der Waals surface area contributed by atoms with Crippen LogP contribution in [0, 0.1) is 5.92 Å². The maximum absolute atomic E-state index is 12.8. The lowest BCUT2D eigenvalue weighted by molar-refractivity contribution is -0.00336. The standard InChI is InChI=1S/C17H21N3O7/c21-12-1-4-20-14(16(22)19-5-8-25-10-13(19)18-20)15(12)27-17(23)26-9-11-2-6-24-7-3-11/h1,4,11,13,18H,2-3,5-10H2. The van der Waals surface area contributed by atoms with Crippen LogP contribution in [-0.4, -0.2) is 67.4 Å². The third kappa shape index (κ3) is 3.62. The van der Waals surface area contributed by atoms with Crippen LogP contribution in [0.1, 0.15) is 23.3 Å². The molecule has 10 nitrogen and oxygen atoms in total. The summed E-state index contributed by atoms with van der Waals surface area (Å²) in [5.74, 6) is -0.529. The number of rotatable bonds is 3. The van der Waals surface area contributed by atoms with E-state index in [1.54, 1.807) is 4.90 Å². The normalized spacial score (nSPS) is 22.4. The summed E-state index contributed by atoms with van der Waals surface area (Å²) < 4.78 is 22.3. The number of fused-ring (bicyclic) bond motifs is 2. The Balaban J connectivity index is 1.50. The SMILES string of the molecule is O=C(OCC1CCOCC1)Oc1c2n(ccc1=O)NC1COCCN1C2=O. The van der Waals surface area contributed by atoms with E-state index in [4.69, 9.17) is 18.9 Å². The Morgan fingerprint density at radius 1 is 1.22 bits per heavy atom. The molecular weight excluding hydrogens is 358 g/mol. The molecule has 1 aromatic rings. The van der Waals surface area contributed by atoms with Crippen LogP contribution in [0.4, 0.5) is 4.79 Å². The van der Waals surface area contributed by atoms with Crippen molar-refractivity contribution < 1.29 is 28.5 Å². The Bertz CT molecular complexity index is 787. The van der Waals surface area contributed by atoms with E-state index in [1.807, 2.05) is 0 Å². The number of hydrogen-bond donors (Lipinski definition) is 1. The van der Waals surface area contributed by atoms with Crippen molar-refractivity contribution >= 4 is 12.1 Å². The molecule has 3 aliphatic rings. The number of pyridine rings is 1. The van der Waals surface area contributed by atoms with Crippen molar-refractivity contribution in [2.45, 2.75) is 19.0 Å². The molecule has 27 heavy (non-hydrogen) atoms. The molecule has 1 N–H and O–H groups in total. The molecule has 1 atom stereocenters. The van der Waals surface area contributed by atoms with Gasteiger partial charge < -0.3 is 29.3 Å². The van der Waals surface area contributed by atoms with Crippen molar-refractivity contribution in [2.75, 3.05) is 45.0 Å². The summed E-state index contributed by atoms with van der Waals surface area (Å²) in [5.41, 5.74) is 2.48. The Morgan fingerprint density at radius 3 is 2.85 bits per heavy atom. The molecule has 0 aromatic carbocycles. The van der Waals surface area contributed by atoms with E-state index < -0.39 is 17.5 Å². The van der Waals surface area contributed by atoms with Crippen LogP contribution in [0.25, 0.3) is 0 Å². The number of hydrogen-bond acceptors (Lipinski definition) is 8. The molecule has 2 fully saturated rings. The van der Waals surface area contributed by atoms with Gasteiger partial charge in [-0.3, -0.25) is 14.3 Å². The van der Waals surface area contributed by atoms with E-state index >= 15 is 0 Å². The van der Waals surface area contributed by atoms with Crippen molar-refractivity contribution in [1.29, 1.82) is 0 Å². The number of carbonyl (C=O) groups excluding carboxylic acids is 2. The van der Waals surface area contributed by atoms with Gasteiger partial charge in [0.05, 0.1) is 19.8 Å². The van der Waals surface area contributed by atoms with Crippen LogP contribution in [0.5, 0.6) is 5.75 Å². The average Bonchev–Trinajstić information content (AvgIpc) is 2.69. The topological polar surface area (TPSA) is 108 Å². The lowest BCUT2D eigenvalue weighted by Gasteiger charge is -2.41. The van der Waals surface area contributed by atoms with Crippen molar-refractivity contribution in [1.82, 2.24) is 9.58 Å². The Labute approximate surface area is 154 Å². The molecule has 0 spiro atoms. The van der Waals surface area contributed by atoms with E-state index in [0.717, 1.165) is 12.8 Å². The molecule has 2 saturated heterocycles. The van der Waals surface area contributed by atoms with Crippen molar-refractivity contribution in [3.05, 3.63) is 28.2 Å². The van der Waals surface area contributed by atoms with Crippen molar-refractivity contribution in [3.63, 3.8) is 0 Å². The van der Waals surface area contributed by atoms with Gasteiger partial charge in [-0.2, -0.15) is 0 Å². The number of amides is 1. The van der Waals surface area contributed by atoms with Crippen molar-refractivity contribution in [3.8, 4) is 5.75 Å². The van der Waals surface area contributed by atoms with E-state index in [9.17, 15) is 14.4 Å². The predicted molar refractivity (Wildman–Crippen MR) is 91.2 cm³/mol. The van der Waals surface area contributed by atoms with Gasteiger partial charge in [-0.05, 0) is 18.8 Å². The summed E-state index contributed by atoms with van der Waals surface area (Å²) in [7, 11) is 0. The zero-order chi connectivity index (χ0) is 18.8. The minimum atomic E-state index is -0.996. The molecule has 1 aromatic heterocycles. The first-order valence-electron chi connectivity index (χ1n) is 8.97. The molecule has 4 rings (SSSR count). The van der Waals surface area contributed by atoms with Crippen molar-refractivity contribution in [2.24, 2.45) is 5.92 Å². The summed E-state index contributed by atoms with van der Waals surface area (Å²) in [6.07, 6.45) is 1.70. The number of morpholine rings is 1. The minimum Gasteiger partial charge on any atom is -0.434 e. The molecule has 0 saturated carbocycles. The predicted octanol–water partition coefficient (Wildman–Crippen LogP) is 0.146. The van der Waals surface area contributed by atoms with Gasteiger partial charge >= 0.3 is 6.16 Å². The molecule has 146 valence electrons. The third-order valence-electron chi connectivity index (χ3n) is 4.90. The fourth-order valence-electron chi connectivity index (χ4n) is 3.39. The Kier molecular flexibility index (Phi) is 4.99. The Hall–Kier alpha value is -2.59. The van der Waals surface area contributed by atoms with Crippen LogP contribution < -0.4 is 15.6 Å². The van der Waals surface area contributed by atoms with Gasteiger partial charge in [-0.1, -0.05) is 0 Å². The monoisotopic (exact) mass is 379 g/mol. The molecule has 3 aliphatic heterocycles. The number of carbonyl (C=O) groups is 2. The third-order valence-corrected chi connectivity index (χ3v) is 4.90. The molecule has 0 radical (unpaired) electrons. The average molecular weight is 379 g/mol. The highest BCUT2D eigenvalue weighted by Gasteiger charge is 2.37. The van der Waals surface area contributed by atoms with E-state index in [0.29, 0.717) is 33.0 Å². The van der Waals surface area contributed by atoms with Gasteiger partial charge in [0.15, 0.2) is 5.69 Å². The summed E-state index contributed by atoms with van der Waals surface area (Å²) >= 11 is 0. The number of aromatic nitrogens is 1. The zero-order valence-electron chi connectivity index (χ0n) is 14.7. The van der Waals surface area contributed by atoms with E-state index in [2.05, 4.69) is 5.43 Å². The molecule has 10 heteroatoms. The highest BCUT2D eigenvalue weighted by molar-refractivity contribution is 5.97. The molecule has 4 heterocycles. The number of ether oxygens (including phenoxy) is 4. The first-order chi connectivity index (χ1) is 13.1. The van der Waals surface area contributed by atoms with Crippen LogP contribution in [0.15, 0.2) is 17.1 Å². The van der Waals surface area contributed by atoms with Gasteiger partial charge in [0.2, 0.25) is 11.2 Å². The second kappa shape index (κ2) is 7.57. The number of nitrogens with zero attached hydrogens (tertiary/aromatic N) is 2. The van der Waals surface area contributed by atoms with Gasteiger partial charge in [0.25, 0.3) is 5.91 Å². The first-order valence-corrected chi connectivity index (χ1v) is 8.97. The highest BCUT2D eigenvalue weighted by atomic mass is 16.7. The second-order valence-corrected chi connectivity index (χ2v) is 6.66. The van der Waals surface area contributed by atoms with Crippen LogP contribution in [0.2, 0.25) is 0 Å². The van der Waals surface area contributed by atoms with Crippen LogP contribution >= 0.6 is 0 Å². The number of nitrogens with one attached hydrogen (secondary N) is 1. The maximum atomic E-state index is 12.8. The Morgan fingerprint density at radius 2 is 2.04 bits per heavy atom. The summed E-state index contributed by atoms with van der Waals surface area (Å²) in [5, 5.41) is 0. The summed E-state index contributed by atoms with van der Waals surface area (Å²) in [6.45, 7) is 2.59. The fraction of sp³-hybridized carbons (Fsp3) is 0.588. The maximum Gasteiger partial charge on any atom is 0.514 e. The van der Waals surface area contributed by atoms with Crippen LogP contribution in [-0.2, 0) is 14.2 Å². The lowest BCUT2D eigenvalue weighted by Crippen LogP contribution is -2.59. The quantitative estimate of drug-likeness (QED) is 0.739. The van der Waals surface area contributed by atoms with Crippen LogP contribution in [0.3, 0.4) is 0 Å². The first kappa shape index (κ1) is 17.8. The van der Waals surface area contributed by atoms with Gasteiger partial charge in [-0.15, -0.1) is 0 Å². The molecule has 1 unspecified atom stereocenters. The molecule has 0 bridgehead atoms. The summed E-state index contributed by atoms with van der Waals surface area (Å²) in [6, 6.07) is 1.23.